The predicted molar refractivity (Wildman–Crippen MR) is 102 cm³/mol. The van der Waals surface area contributed by atoms with Gasteiger partial charge in [0.25, 0.3) is 0 Å². The van der Waals surface area contributed by atoms with Crippen molar-refractivity contribution in [2.45, 2.75) is 18.8 Å². The minimum Gasteiger partial charge on any atom is -0.462 e. The first-order valence-electron chi connectivity index (χ1n) is 8.69. The third kappa shape index (κ3) is 3.75. The molecule has 0 spiro atoms. The number of furan rings is 1. The first-order chi connectivity index (χ1) is 12.8. The zero-order chi connectivity index (χ0) is 17.8. The van der Waals surface area contributed by atoms with Gasteiger partial charge >= 0.3 is 0 Å². The molecule has 4 rings (SSSR count). The lowest BCUT2D eigenvalue weighted by molar-refractivity contribution is -0.126. The molecule has 0 saturated carbocycles. The monoisotopic (exact) mass is 365 g/mol. The van der Waals surface area contributed by atoms with Gasteiger partial charge in [-0.25, -0.2) is 0 Å². The Hall–Kier alpha value is -2.73. The van der Waals surface area contributed by atoms with Gasteiger partial charge in [-0.2, -0.15) is 0 Å². The Bertz CT molecular complexity index is 879. The van der Waals surface area contributed by atoms with Crippen LogP contribution in [0.1, 0.15) is 29.3 Å². The van der Waals surface area contributed by atoms with Crippen molar-refractivity contribution in [2.24, 2.45) is 0 Å². The lowest BCUT2D eigenvalue weighted by Gasteiger charge is -2.30. The van der Waals surface area contributed by atoms with Crippen LogP contribution in [0, 0.1) is 0 Å². The van der Waals surface area contributed by atoms with Crippen molar-refractivity contribution in [2.75, 3.05) is 13.1 Å². The van der Waals surface area contributed by atoms with Gasteiger partial charge in [-0.05, 0) is 36.6 Å². The number of aromatic nitrogens is 2. The summed E-state index contributed by atoms with van der Waals surface area (Å²) in [6.07, 6.45) is 7.00. The van der Waals surface area contributed by atoms with Gasteiger partial charge in [0.05, 0.1) is 6.26 Å². The van der Waals surface area contributed by atoms with E-state index in [-0.39, 0.29) is 5.91 Å². The highest BCUT2D eigenvalue weighted by molar-refractivity contribution is 7.14. The maximum atomic E-state index is 12.4. The van der Waals surface area contributed by atoms with Crippen LogP contribution in [0.3, 0.4) is 0 Å². The topological polar surface area (TPSA) is 59.2 Å². The van der Waals surface area contributed by atoms with E-state index >= 15 is 0 Å². The van der Waals surface area contributed by atoms with Crippen LogP contribution in [-0.2, 0) is 4.79 Å². The van der Waals surface area contributed by atoms with E-state index in [4.69, 9.17) is 4.42 Å². The Balaban J connectivity index is 1.34. The van der Waals surface area contributed by atoms with Crippen LogP contribution in [0.4, 0.5) is 0 Å². The summed E-state index contributed by atoms with van der Waals surface area (Å²) >= 11 is 1.58. The summed E-state index contributed by atoms with van der Waals surface area (Å²) in [4.78, 5) is 14.3. The molecule has 1 saturated heterocycles. The van der Waals surface area contributed by atoms with Gasteiger partial charge < -0.3 is 9.32 Å². The Labute approximate surface area is 156 Å². The second kappa shape index (κ2) is 7.66. The summed E-state index contributed by atoms with van der Waals surface area (Å²) in [5.41, 5.74) is 1.04. The van der Waals surface area contributed by atoms with E-state index in [1.54, 1.807) is 23.7 Å². The van der Waals surface area contributed by atoms with Crippen molar-refractivity contribution in [3.05, 3.63) is 65.4 Å². The molecule has 0 atom stereocenters. The fourth-order valence-electron chi connectivity index (χ4n) is 3.08. The quantitative estimate of drug-likeness (QED) is 0.650. The number of carbonyl (C=O) groups excluding carboxylic acids is 1. The Morgan fingerprint density at radius 3 is 2.65 bits per heavy atom. The summed E-state index contributed by atoms with van der Waals surface area (Å²) in [6.45, 7) is 1.50. The number of benzene rings is 1. The molecule has 1 aliphatic rings. The minimum atomic E-state index is 0.0702. The van der Waals surface area contributed by atoms with E-state index in [1.807, 2.05) is 53.4 Å². The largest absolute Gasteiger partial charge is 0.462 e. The smallest absolute Gasteiger partial charge is 0.246 e. The third-order valence-corrected chi connectivity index (χ3v) is 5.65. The second-order valence-electron chi connectivity index (χ2n) is 6.27. The highest BCUT2D eigenvalue weighted by Gasteiger charge is 2.25. The first-order valence-corrected chi connectivity index (χ1v) is 9.50. The van der Waals surface area contributed by atoms with Crippen LogP contribution in [0.25, 0.3) is 16.8 Å². The van der Waals surface area contributed by atoms with Crippen molar-refractivity contribution in [1.29, 1.82) is 0 Å². The zero-order valence-corrected chi connectivity index (χ0v) is 15.1. The van der Waals surface area contributed by atoms with Crippen LogP contribution < -0.4 is 0 Å². The highest BCUT2D eigenvalue weighted by Crippen LogP contribution is 2.33. The molecule has 1 fully saturated rings. The summed E-state index contributed by atoms with van der Waals surface area (Å²) in [7, 11) is 0. The molecule has 0 bridgehead atoms. The van der Waals surface area contributed by atoms with Crippen LogP contribution in [0.2, 0.25) is 0 Å². The van der Waals surface area contributed by atoms with Crippen LogP contribution in [0.5, 0.6) is 0 Å². The Morgan fingerprint density at radius 1 is 1.12 bits per heavy atom. The number of carbonyl (C=O) groups is 1. The van der Waals surface area contributed by atoms with Gasteiger partial charge in [0.1, 0.15) is 5.01 Å². The number of rotatable bonds is 4. The number of hydrogen-bond donors (Lipinski definition) is 0. The van der Waals surface area contributed by atoms with Gasteiger partial charge in [-0.3, -0.25) is 4.79 Å². The maximum Gasteiger partial charge on any atom is 0.246 e. The number of likely N-dealkylation sites (tertiary alicyclic amines) is 1. The van der Waals surface area contributed by atoms with Crippen molar-refractivity contribution in [3.8, 4) is 10.8 Å². The van der Waals surface area contributed by atoms with Gasteiger partial charge in [-0.15, -0.1) is 10.2 Å². The van der Waals surface area contributed by atoms with E-state index in [2.05, 4.69) is 10.2 Å². The third-order valence-electron chi connectivity index (χ3n) is 4.55. The van der Waals surface area contributed by atoms with Crippen LogP contribution in [0.15, 0.2) is 59.2 Å². The normalized spacial score (nSPS) is 15.6. The molecule has 0 unspecified atom stereocenters. The number of piperidine rings is 1. The standard InChI is InChI=1S/C20H19N3O2S/c24-18(9-8-15-5-2-1-3-6-15)23-12-10-16(11-13-23)19-21-22-20(26-19)17-7-4-14-25-17/h1-9,14,16H,10-13H2/b9-8-. The fraction of sp³-hybridized carbons (Fsp3) is 0.250. The summed E-state index contributed by atoms with van der Waals surface area (Å²) in [6, 6.07) is 13.6. The van der Waals surface area contributed by atoms with E-state index in [1.165, 1.54) is 0 Å². The lowest BCUT2D eigenvalue weighted by atomic mass is 9.97. The van der Waals surface area contributed by atoms with Crippen LogP contribution in [-0.4, -0.2) is 34.1 Å². The predicted octanol–water partition coefficient (Wildman–Crippen LogP) is 4.22. The highest BCUT2D eigenvalue weighted by atomic mass is 32.1. The molecule has 5 nitrogen and oxygen atoms in total. The van der Waals surface area contributed by atoms with Gasteiger partial charge in [0.15, 0.2) is 10.8 Å². The number of nitrogens with zero attached hydrogens (tertiary/aromatic N) is 3. The molecule has 1 aliphatic heterocycles. The minimum absolute atomic E-state index is 0.0702. The molecule has 6 heteroatoms. The molecule has 132 valence electrons. The zero-order valence-electron chi connectivity index (χ0n) is 14.2. The molecular weight excluding hydrogens is 346 g/mol. The molecule has 3 aromatic rings. The van der Waals surface area contributed by atoms with Crippen molar-refractivity contribution in [3.63, 3.8) is 0 Å². The maximum absolute atomic E-state index is 12.4. The molecule has 2 aromatic heterocycles. The molecule has 1 aromatic carbocycles. The van der Waals surface area contributed by atoms with E-state index < -0.39 is 0 Å². The van der Waals surface area contributed by atoms with Crippen molar-refractivity contribution in [1.82, 2.24) is 15.1 Å². The van der Waals surface area contributed by atoms with Crippen molar-refractivity contribution >= 4 is 23.3 Å². The molecule has 0 radical (unpaired) electrons. The Morgan fingerprint density at radius 2 is 1.92 bits per heavy atom. The average Bonchev–Trinajstić information content (AvgIpc) is 3.38. The molecule has 0 N–H and O–H groups in total. The second-order valence-corrected chi connectivity index (χ2v) is 7.28. The average molecular weight is 365 g/mol. The van der Waals surface area contributed by atoms with Crippen LogP contribution >= 0.6 is 11.3 Å². The van der Waals surface area contributed by atoms with Gasteiger partial charge in [0, 0.05) is 25.1 Å². The molecule has 0 aliphatic carbocycles. The van der Waals surface area contributed by atoms with E-state index in [9.17, 15) is 4.79 Å². The summed E-state index contributed by atoms with van der Waals surface area (Å²) in [5, 5.41) is 10.4. The summed E-state index contributed by atoms with van der Waals surface area (Å²) in [5.74, 6) is 1.19. The summed E-state index contributed by atoms with van der Waals surface area (Å²) < 4.78 is 5.38. The first kappa shape index (κ1) is 16.7. The Kier molecular flexibility index (Phi) is 4.93. The van der Waals surface area contributed by atoms with Crippen molar-refractivity contribution < 1.29 is 9.21 Å². The molecule has 3 heterocycles. The molecule has 26 heavy (non-hydrogen) atoms. The molecule has 1 amide bonds. The van der Waals surface area contributed by atoms with Gasteiger partial charge in [0.2, 0.25) is 5.91 Å². The number of hydrogen-bond acceptors (Lipinski definition) is 5. The lowest BCUT2D eigenvalue weighted by Crippen LogP contribution is -2.36. The number of amides is 1. The van der Waals surface area contributed by atoms with E-state index in [0.717, 1.165) is 47.3 Å². The van der Waals surface area contributed by atoms with Gasteiger partial charge in [-0.1, -0.05) is 41.7 Å². The fourth-order valence-corrected chi connectivity index (χ4v) is 4.06. The molecular formula is C20H19N3O2S. The SMILES string of the molecule is O=C(/C=C\c1ccccc1)N1CCC(c2nnc(-c3ccco3)s2)CC1. The van der Waals surface area contributed by atoms with E-state index in [0.29, 0.717) is 5.92 Å².